The Kier molecular flexibility index (Phi) is 9.24. The summed E-state index contributed by atoms with van der Waals surface area (Å²) in [6.45, 7) is 0. The number of nitro groups is 2. The van der Waals surface area contributed by atoms with E-state index in [0.29, 0.717) is 0 Å². The van der Waals surface area contributed by atoms with Crippen LogP contribution in [0.4, 0.5) is 11.6 Å². The molecule has 142 valence electrons. The molecule has 2 amide bonds. The molecule has 0 atom stereocenters. The van der Waals surface area contributed by atoms with Crippen molar-refractivity contribution in [1.29, 1.82) is 0 Å². The molecule has 0 aromatic carbocycles. The SMILES string of the molecule is CN(C)C=O.CN(C)C=O.O=[N+]([O-])c1cnc(-c2ncc([N+](=O)[O-])[nH]2)[nH]1. The number of hydrogen-bond donors (Lipinski definition) is 2. The van der Waals surface area contributed by atoms with Gasteiger partial charge in [0.15, 0.2) is 0 Å². The molecule has 2 rings (SSSR count). The van der Waals surface area contributed by atoms with E-state index < -0.39 is 9.85 Å². The minimum absolute atomic E-state index is 0.0693. The van der Waals surface area contributed by atoms with Gasteiger partial charge in [0, 0.05) is 28.2 Å². The maximum atomic E-state index is 10.4. The summed E-state index contributed by atoms with van der Waals surface area (Å²) in [6, 6.07) is 0. The standard InChI is InChI=1S/C6H4N6O4.2C3H7NO/c13-11(14)3-1-7-5(9-3)6-8-2-4(10-6)12(15)16;2*1-4(2)3-5/h1-2H,(H,7,9)(H,8,10);2*3H,1-2H3. The Bertz CT molecular complexity index is 675. The van der Waals surface area contributed by atoms with Crippen LogP contribution in [-0.2, 0) is 9.59 Å². The highest BCUT2D eigenvalue weighted by molar-refractivity contribution is 5.48. The first-order valence-electron chi connectivity index (χ1n) is 6.75. The van der Waals surface area contributed by atoms with Crippen molar-refractivity contribution in [2.24, 2.45) is 0 Å². The molecule has 14 heteroatoms. The molecule has 0 saturated carbocycles. The number of amides is 2. The summed E-state index contributed by atoms with van der Waals surface area (Å²) >= 11 is 0. The molecule has 0 unspecified atom stereocenters. The van der Waals surface area contributed by atoms with Crippen molar-refractivity contribution in [3.8, 4) is 11.6 Å². The Labute approximate surface area is 147 Å². The van der Waals surface area contributed by atoms with E-state index in [1.807, 2.05) is 0 Å². The van der Waals surface area contributed by atoms with Crippen LogP contribution in [0.2, 0.25) is 0 Å². The van der Waals surface area contributed by atoms with Crippen molar-refractivity contribution in [2.45, 2.75) is 0 Å². The van der Waals surface area contributed by atoms with Crippen LogP contribution in [0, 0.1) is 20.2 Å². The van der Waals surface area contributed by atoms with Crippen molar-refractivity contribution in [2.75, 3.05) is 28.2 Å². The van der Waals surface area contributed by atoms with Crippen LogP contribution in [0.1, 0.15) is 0 Å². The van der Waals surface area contributed by atoms with Crippen LogP contribution in [-0.4, -0.2) is 80.6 Å². The zero-order valence-electron chi connectivity index (χ0n) is 14.4. The first-order valence-corrected chi connectivity index (χ1v) is 6.75. The fourth-order valence-electron chi connectivity index (χ4n) is 1.05. The van der Waals surface area contributed by atoms with Crippen molar-refractivity contribution in [3.63, 3.8) is 0 Å². The van der Waals surface area contributed by atoms with Gasteiger partial charge in [0.2, 0.25) is 12.8 Å². The molecule has 2 aromatic rings. The van der Waals surface area contributed by atoms with Crippen molar-refractivity contribution in [3.05, 3.63) is 32.6 Å². The number of carbonyl (C=O) groups is 2. The van der Waals surface area contributed by atoms with Gasteiger partial charge in [0.25, 0.3) is 11.6 Å². The summed E-state index contributed by atoms with van der Waals surface area (Å²) in [5.74, 6) is -0.484. The van der Waals surface area contributed by atoms with E-state index in [1.54, 1.807) is 28.2 Å². The van der Waals surface area contributed by atoms with Gasteiger partial charge in [-0.1, -0.05) is 0 Å². The zero-order valence-corrected chi connectivity index (χ0v) is 14.4. The van der Waals surface area contributed by atoms with E-state index in [9.17, 15) is 29.8 Å². The number of nitrogens with one attached hydrogen (secondary N) is 2. The second kappa shape index (κ2) is 10.8. The van der Waals surface area contributed by atoms with Crippen LogP contribution in [0.3, 0.4) is 0 Å². The molecular weight excluding hydrogens is 352 g/mol. The predicted octanol–water partition coefficient (Wildman–Crippen LogP) is 0.0250. The normalized spacial score (nSPS) is 8.92. The molecule has 0 fully saturated rings. The maximum Gasteiger partial charge on any atom is 0.341 e. The number of hydrogen-bond acceptors (Lipinski definition) is 8. The van der Waals surface area contributed by atoms with Gasteiger partial charge in [0.1, 0.15) is 12.4 Å². The van der Waals surface area contributed by atoms with Gasteiger partial charge < -0.3 is 30.0 Å². The largest absolute Gasteiger partial charge is 0.358 e. The Balaban J connectivity index is 0.000000520. The lowest BCUT2D eigenvalue weighted by Crippen LogP contribution is -2.06. The van der Waals surface area contributed by atoms with E-state index in [1.165, 1.54) is 9.80 Å². The third-order valence-electron chi connectivity index (χ3n) is 2.16. The van der Waals surface area contributed by atoms with Gasteiger partial charge in [-0.2, -0.15) is 0 Å². The highest BCUT2D eigenvalue weighted by Gasteiger charge is 2.19. The van der Waals surface area contributed by atoms with Gasteiger partial charge in [0.05, 0.1) is 0 Å². The minimum atomic E-state index is -0.659. The van der Waals surface area contributed by atoms with Gasteiger partial charge in [-0.25, -0.2) is 19.9 Å². The second-order valence-electron chi connectivity index (χ2n) is 4.89. The van der Waals surface area contributed by atoms with Crippen LogP contribution >= 0.6 is 0 Å². The third kappa shape index (κ3) is 8.14. The molecule has 14 nitrogen and oxygen atoms in total. The molecule has 0 aliphatic carbocycles. The molecule has 0 bridgehead atoms. The number of nitrogens with zero attached hydrogens (tertiary/aromatic N) is 6. The van der Waals surface area contributed by atoms with E-state index >= 15 is 0 Å². The fraction of sp³-hybridized carbons (Fsp3) is 0.333. The topological polar surface area (TPSA) is 184 Å². The highest BCUT2D eigenvalue weighted by atomic mass is 16.6. The molecule has 26 heavy (non-hydrogen) atoms. The van der Waals surface area contributed by atoms with Crippen LogP contribution in [0.25, 0.3) is 11.6 Å². The van der Waals surface area contributed by atoms with E-state index in [2.05, 4.69) is 19.9 Å². The Morgan fingerprint density at radius 1 is 0.846 bits per heavy atom. The van der Waals surface area contributed by atoms with E-state index in [0.717, 1.165) is 25.2 Å². The minimum Gasteiger partial charge on any atom is -0.358 e. The van der Waals surface area contributed by atoms with Gasteiger partial charge in [-0.05, 0) is 9.85 Å². The molecule has 2 N–H and O–H groups in total. The molecule has 0 saturated heterocycles. The fourth-order valence-corrected chi connectivity index (χ4v) is 1.05. The lowest BCUT2D eigenvalue weighted by molar-refractivity contribution is -0.389. The molecule has 2 aromatic heterocycles. The van der Waals surface area contributed by atoms with Crippen molar-refractivity contribution in [1.82, 2.24) is 29.7 Å². The molecule has 2 heterocycles. The summed E-state index contributed by atoms with van der Waals surface area (Å²) in [4.78, 5) is 53.2. The molecule has 0 aliphatic heterocycles. The lowest BCUT2D eigenvalue weighted by atomic mass is 10.6. The molecular formula is C12H18N8O6. The summed E-state index contributed by atoms with van der Waals surface area (Å²) in [7, 11) is 6.75. The summed E-state index contributed by atoms with van der Waals surface area (Å²) < 4.78 is 0. The van der Waals surface area contributed by atoms with Crippen LogP contribution in [0.15, 0.2) is 12.4 Å². The number of rotatable bonds is 5. The highest BCUT2D eigenvalue weighted by Crippen LogP contribution is 2.17. The summed E-state index contributed by atoms with van der Waals surface area (Å²) in [5, 5.41) is 20.7. The summed E-state index contributed by atoms with van der Waals surface area (Å²) in [5.41, 5.74) is 0. The molecule has 0 aliphatic rings. The lowest BCUT2D eigenvalue weighted by Gasteiger charge is -1.93. The number of aromatic amines is 2. The number of imidazole rings is 2. The van der Waals surface area contributed by atoms with Crippen molar-refractivity contribution < 1.29 is 19.4 Å². The van der Waals surface area contributed by atoms with Crippen LogP contribution < -0.4 is 0 Å². The average molecular weight is 370 g/mol. The molecule has 0 spiro atoms. The van der Waals surface area contributed by atoms with Crippen LogP contribution in [0.5, 0.6) is 0 Å². The zero-order chi connectivity index (χ0) is 20.3. The van der Waals surface area contributed by atoms with E-state index in [-0.39, 0.29) is 23.3 Å². The monoisotopic (exact) mass is 370 g/mol. The average Bonchev–Trinajstić information content (AvgIpc) is 3.24. The number of aromatic nitrogens is 4. The molecule has 0 radical (unpaired) electrons. The Morgan fingerprint density at radius 3 is 1.27 bits per heavy atom. The Morgan fingerprint density at radius 2 is 1.12 bits per heavy atom. The van der Waals surface area contributed by atoms with Gasteiger partial charge in [-0.3, -0.25) is 9.59 Å². The van der Waals surface area contributed by atoms with Gasteiger partial charge >= 0.3 is 11.6 Å². The first-order chi connectivity index (χ1) is 12.1. The quantitative estimate of drug-likeness (QED) is 0.419. The smallest absolute Gasteiger partial charge is 0.341 e. The number of carbonyl (C=O) groups excluding carboxylic acids is 2. The van der Waals surface area contributed by atoms with E-state index in [4.69, 9.17) is 0 Å². The maximum absolute atomic E-state index is 10.4. The van der Waals surface area contributed by atoms with Gasteiger partial charge in [-0.15, -0.1) is 0 Å². The second-order valence-corrected chi connectivity index (χ2v) is 4.89. The number of H-pyrrole nitrogens is 2. The first kappa shape index (κ1) is 22.2. The van der Waals surface area contributed by atoms with Crippen molar-refractivity contribution >= 4 is 24.5 Å². The third-order valence-corrected chi connectivity index (χ3v) is 2.16. The Hall–Kier alpha value is -3.84. The predicted molar refractivity (Wildman–Crippen MR) is 89.0 cm³/mol. The summed E-state index contributed by atoms with van der Waals surface area (Å²) in [6.07, 6.45) is 3.51.